The van der Waals surface area contributed by atoms with E-state index in [1.807, 2.05) is 11.3 Å². The highest BCUT2D eigenvalue weighted by atomic mass is 32.1. The van der Waals surface area contributed by atoms with Gasteiger partial charge in [-0.1, -0.05) is 23.5 Å². The highest BCUT2D eigenvalue weighted by Crippen LogP contribution is 2.31. The standard InChI is InChI=1S/C16H24N4S/c1-12-5-4-6-13-14(12)21-15(18-13)20-9-7-19(8-10-20)11-16(2,3)17/h4-6H,7-11,17H2,1-3H3. The fourth-order valence-electron chi connectivity index (χ4n) is 2.88. The predicted octanol–water partition coefficient (Wildman–Crippen LogP) is 2.46. The molecule has 0 unspecified atom stereocenters. The molecular formula is C16H24N4S. The lowest BCUT2D eigenvalue weighted by Crippen LogP contribution is -2.53. The number of rotatable bonds is 3. The Kier molecular flexibility index (Phi) is 3.90. The number of hydrogen-bond donors (Lipinski definition) is 1. The van der Waals surface area contributed by atoms with Crippen molar-refractivity contribution in [2.45, 2.75) is 26.3 Å². The molecule has 1 aliphatic heterocycles. The second-order valence-electron chi connectivity index (χ2n) is 6.67. The van der Waals surface area contributed by atoms with Crippen LogP contribution in [-0.2, 0) is 0 Å². The third-order valence-electron chi connectivity index (χ3n) is 3.87. The first-order valence-corrected chi connectivity index (χ1v) is 8.36. The number of aromatic nitrogens is 1. The number of fused-ring (bicyclic) bond motifs is 1. The molecule has 2 N–H and O–H groups in total. The molecule has 4 nitrogen and oxygen atoms in total. The van der Waals surface area contributed by atoms with Crippen LogP contribution in [0.4, 0.5) is 5.13 Å². The summed E-state index contributed by atoms with van der Waals surface area (Å²) in [6.07, 6.45) is 0. The van der Waals surface area contributed by atoms with Gasteiger partial charge >= 0.3 is 0 Å². The summed E-state index contributed by atoms with van der Waals surface area (Å²) in [5.41, 5.74) is 8.44. The third kappa shape index (κ3) is 3.36. The molecule has 0 aliphatic carbocycles. The summed E-state index contributed by atoms with van der Waals surface area (Å²) in [4.78, 5) is 9.66. The summed E-state index contributed by atoms with van der Waals surface area (Å²) in [5.74, 6) is 0. The Morgan fingerprint density at radius 2 is 1.95 bits per heavy atom. The fraction of sp³-hybridized carbons (Fsp3) is 0.562. The van der Waals surface area contributed by atoms with E-state index in [4.69, 9.17) is 10.7 Å². The van der Waals surface area contributed by atoms with Crippen molar-refractivity contribution in [1.82, 2.24) is 9.88 Å². The average molecular weight is 304 g/mol. The second-order valence-corrected chi connectivity index (χ2v) is 7.65. The van der Waals surface area contributed by atoms with Gasteiger partial charge < -0.3 is 10.6 Å². The average Bonchev–Trinajstić information content (AvgIpc) is 2.83. The Hall–Kier alpha value is -1.17. The number of piperazine rings is 1. The lowest BCUT2D eigenvalue weighted by Gasteiger charge is -2.37. The van der Waals surface area contributed by atoms with Gasteiger partial charge in [0.05, 0.1) is 10.2 Å². The van der Waals surface area contributed by atoms with E-state index in [9.17, 15) is 0 Å². The number of anilines is 1. The van der Waals surface area contributed by atoms with Crippen molar-refractivity contribution in [2.75, 3.05) is 37.6 Å². The number of nitrogens with two attached hydrogens (primary N) is 1. The van der Waals surface area contributed by atoms with Crippen molar-refractivity contribution in [3.8, 4) is 0 Å². The van der Waals surface area contributed by atoms with Crippen molar-refractivity contribution in [2.24, 2.45) is 5.73 Å². The molecule has 1 aliphatic rings. The van der Waals surface area contributed by atoms with Crippen LogP contribution in [0.5, 0.6) is 0 Å². The van der Waals surface area contributed by atoms with Crippen LogP contribution in [0.15, 0.2) is 18.2 Å². The number of hydrogen-bond acceptors (Lipinski definition) is 5. The van der Waals surface area contributed by atoms with Gasteiger partial charge in [0.1, 0.15) is 0 Å². The van der Waals surface area contributed by atoms with Crippen LogP contribution in [0.3, 0.4) is 0 Å². The Morgan fingerprint density at radius 1 is 1.24 bits per heavy atom. The van der Waals surface area contributed by atoms with Gasteiger partial charge in [0, 0.05) is 38.3 Å². The summed E-state index contributed by atoms with van der Waals surface area (Å²) >= 11 is 1.82. The molecular weight excluding hydrogens is 280 g/mol. The molecule has 0 amide bonds. The third-order valence-corrected chi connectivity index (χ3v) is 5.14. The van der Waals surface area contributed by atoms with E-state index in [1.165, 1.54) is 10.3 Å². The molecule has 114 valence electrons. The van der Waals surface area contributed by atoms with Crippen molar-refractivity contribution in [3.05, 3.63) is 23.8 Å². The van der Waals surface area contributed by atoms with Gasteiger partial charge in [-0.25, -0.2) is 4.98 Å². The highest BCUT2D eigenvalue weighted by Gasteiger charge is 2.23. The van der Waals surface area contributed by atoms with Gasteiger partial charge in [-0.3, -0.25) is 4.90 Å². The Labute approximate surface area is 130 Å². The molecule has 0 spiro atoms. The zero-order chi connectivity index (χ0) is 15.0. The predicted molar refractivity (Wildman–Crippen MR) is 91.3 cm³/mol. The maximum atomic E-state index is 6.11. The summed E-state index contributed by atoms with van der Waals surface area (Å²) < 4.78 is 1.32. The van der Waals surface area contributed by atoms with E-state index in [0.717, 1.165) is 43.4 Å². The van der Waals surface area contributed by atoms with E-state index in [0.29, 0.717) is 0 Å². The normalized spacial score (nSPS) is 17.6. The fourth-order valence-corrected chi connectivity index (χ4v) is 3.97. The Morgan fingerprint density at radius 3 is 2.57 bits per heavy atom. The van der Waals surface area contributed by atoms with Crippen molar-refractivity contribution in [1.29, 1.82) is 0 Å². The van der Waals surface area contributed by atoms with Gasteiger partial charge in [0.2, 0.25) is 0 Å². The van der Waals surface area contributed by atoms with Gasteiger partial charge in [-0.2, -0.15) is 0 Å². The van der Waals surface area contributed by atoms with Gasteiger partial charge in [-0.15, -0.1) is 0 Å². The van der Waals surface area contributed by atoms with E-state index < -0.39 is 0 Å². The number of aryl methyl sites for hydroxylation is 1. The smallest absolute Gasteiger partial charge is 0.186 e. The molecule has 21 heavy (non-hydrogen) atoms. The van der Waals surface area contributed by atoms with Crippen molar-refractivity contribution < 1.29 is 0 Å². The van der Waals surface area contributed by atoms with Crippen LogP contribution in [0.2, 0.25) is 0 Å². The SMILES string of the molecule is Cc1cccc2nc(N3CCN(CC(C)(C)N)CC3)sc12. The summed E-state index contributed by atoms with van der Waals surface area (Å²) in [6.45, 7) is 11.5. The van der Waals surface area contributed by atoms with Crippen LogP contribution in [-0.4, -0.2) is 48.1 Å². The van der Waals surface area contributed by atoms with E-state index in [2.05, 4.69) is 48.8 Å². The molecule has 0 saturated carbocycles. The first-order chi connectivity index (χ1) is 9.92. The van der Waals surface area contributed by atoms with Crippen LogP contribution in [0, 0.1) is 6.92 Å². The monoisotopic (exact) mass is 304 g/mol. The first kappa shape index (κ1) is 14.8. The number of thiazole rings is 1. The van der Waals surface area contributed by atoms with Crippen molar-refractivity contribution >= 4 is 26.7 Å². The van der Waals surface area contributed by atoms with E-state index >= 15 is 0 Å². The van der Waals surface area contributed by atoms with Gasteiger partial charge in [-0.05, 0) is 32.4 Å². The summed E-state index contributed by atoms with van der Waals surface area (Å²) in [5, 5.41) is 1.16. The maximum absolute atomic E-state index is 6.11. The molecule has 1 aromatic carbocycles. The molecule has 1 saturated heterocycles. The molecule has 2 aromatic rings. The topological polar surface area (TPSA) is 45.4 Å². The van der Waals surface area contributed by atoms with Crippen LogP contribution in [0.25, 0.3) is 10.2 Å². The zero-order valence-electron chi connectivity index (χ0n) is 13.1. The lowest BCUT2D eigenvalue weighted by molar-refractivity contribution is 0.214. The molecule has 3 rings (SSSR count). The van der Waals surface area contributed by atoms with Crippen LogP contribution in [0.1, 0.15) is 19.4 Å². The molecule has 0 radical (unpaired) electrons. The zero-order valence-corrected chi connectivity index (χ0v) is 13.9. The Bertz CT molecular complexity index is 621. The largest absolute Gasteiger partial charge is 0.345 e. The van der Waals surface area contributed by atoms with Crippen LogP contribution >= 0.6 is 11.3 Å². The summed E-state index contributed by atoms with van der Waals surface area (Å²) in [6, 6.07) is 6.35. The van der Waals surface area contributed by atoms with E-state index in [1.54, 1.807) is 0 Å². The first-order valence-electron chi connectivity index (χ1n) is 7.55. The highest BCUT2D eigenvalue weighted by molar-refractivity contribution is 7.22. The van der Waals surface area contributed by atoms with E-state index in [-0.39, 0.29) is 5.54 Å². The molecule has 1 aromatic heterocycles. The minimum Gasteiger partial charge on any atom is -0.345 e. The lowest BCUT2D eigenvalue weighted by atomic mass is 10.1. The summed E-state index contributed by atoms with van der Waals surface area (Å²) in [7, 11) is 0. The quantitative estimate of drug-likeness (QED) is 0.946. The molecule has 2 heterocycles. The molecule has 0 bridgehead atoms. The second kappa shape index (κ2) is 5.55. The van der Waals surface area contributed by atoms with Crippen molar-refractivity contribution in [3.63, 3.8) is 0 Å². The molecule has 1 fully saturated rings. The maximum Gasteiger partial charge on any atom is 0.186 e. The minimum absolute atomic E-state index is 0.116. The van der Waals surface area contributed by atoms with Gasteiger partial charge in [0.25, 0.3) is 0 Å². The Balaban J connectivity index is 1.70. The minimum atomic E-state index is -0.116. The number of benzene rings is 1. The molecule has 0 atom stereocenters. The number of nitrogens with zero attached hydrogens (tertiary/aromatic N) is 3. The van der Waals surface area contributed by atoms with Gasteiger partial charge in [0.15, 0.2) is 5.13 Å². The van der Waals surface area contributed by atoms with Crippen LogP contribution < -0.4 is 10.6 Å². The molecule has 5 heteroatoms.